The molecule has 4 heteroatoms. The summed E-state index contributed by atoms with van der Waals surface area (Å²) < 4.78 is 0. The highest BCUT2D eigenvalue weighted by Crippen LogP contribution is 2.17. The van der Waals surface area contributed by atoms with Crippen molar-refractivity contribution < 1.29 is 0 Å². The summed E-state index contributed by atoms with van der Waals surface area (Å²) in [6.45, 7) is 2.02. The van der Waals surface area contributed by atoms with Crippen LogP contribution in [0.15, 0.2) is 24.0 Å². The fourth-order valence-electron chi connectivity index (χ4n) is 1.30. The van der Waals surface area contributed by atoms with Crippen LogP contribution < -0.4 is 5.73 Å². The van der Waals surface area contributed by atoms with E-state index >= 15 is 0 Å². The minimum Gasteiger partial charge on any atom is -0.383 e. The van der Waals surface area contributed by atoms with Gasteiger partial charge in [0.25, 0.3) is 0 Å². The lowest BCUT2D eigenvalue weighted by molar-refractivity contribution is 1.15. The minimum atomic E-state index is 0.615. The van der Waals surface area contributed by atoms with E-state index < -0.39 is 0 Å². The van der Waals surface area contributed by atoms with Crippen LogP contribution in [0.3, 0.4) is 0 Å². The van der Waals surface area contributed by atoms with E-state index in [2.05, 4.69) is 16.0 Å². The van der Waals surface area contributed by atoms with E-state index in [0.717, 1.165) is 17.5 Å². The van der Waals surface area contributed by atoms with Crippen molar-refractivity contribution in [3.05, 3.63) is 40.0 Å². The minimum absolute atomic E-state index is 0.615. The first-order valence-electron chi connectivity index (χ1n) is 4.34. The summed E-state index contributed by atoms with van der Waals surface area (Å²) in [5.74, 6) is 0.615. The first-order chi connectivity index (χ1) is 6.75. The molecule has 0 bridgehead atoms. The van der Waals surface area contributed by atoms with Crippen molar-refractivity contribution in [2.75, 3.05) is 5.73 Å². The maximum atomic E-state index is 5.78. The zero-order valence-electron chi connectivity index (χ0n) is 7.90. The lowest BCUT2D eigenvalue weighted by Gasteiger charge is -2.03. The summed E-state index contributed by atoms with van der Waals surface area (Å²) in [6.07, 6.45) is 4.48. The van der Waals surface area contributed by atoms with Crippen molar-refractivity contribution in [2.45, 2.75) is 13.3 Å². The standard InChI is InChI=1S/C10H11N3S/c1-7-2-8(10(11)13-4-7)3-9-5-12-6-14-9/h2,4-6H,3H2,1H3,(H2,11,13). The second-order valence-electron chi connectivity index (χ2n) is 3.20. The SMILES string of the molecule is Cc1cnc(N)c(Cc2cncs2)c1. The summed E-state index contributed by atoms with van der Waals surface area (Å²) in [6, 6.07) is 2.07. The first-order valence-corrected chi connectivity index (χ1v) is 5.22. The number of nitrogens with two attached hydrogens (primary N) is 1. The van der Waals surface area contributed by atoms with E-state index in [0.29, 0.717) is 5.82 Å². The number of thiazole rings is 1. The molecule has 2 N–H and O–H groups in total. The van der Waals surface area contributed by atoms with Gasteiger partial charge >= 0.3 is 0 Å². The number of aromatic nitrogens is 2. The Balaban J connectivity index is 2.28. The molecule has 0 aliphatic carbocycles. The fourth-order valence-corrected chi connectivity index (χ4v) is 1.92. The van der Waals surface area contributed by atoms with Crippen LogP contribution in [0.4, 0.5) is 5.82 Å². The van der Waals surface area contributed by atoms with Gasteiger partial charge in [0.15, 0.2) is 0 Å². The van der Waals surface area contributed by atoms with Crippen molar-refractivity contribution in [3.63, 3.8) is 0 Å². The van der Waals surface area contributed by atoms with Crippen LogP contribution in [0.5, 0.6) is 0 Å². The molecule has 0 saturated carbocycles. The van der Waals surface area contributed by atoms with Crippen molar-refractivity contribution >= 4 is 17.2 Å². The van der Waals surface area contributed by atoms with Crippen molar-refractivity contribution in [2.24, 2.45) is 0 Å². The largest absolute Gasteiger partial charge is 0.383 e. The Kier molecular flexibility index (Phi) is 2.45. The molecule has 0 amide bonds. The van der Waals surface area contributed by atoms with Crippen LogP contribution in [0.1, 0.15) is 16.0 Å². The third-order valence-electron chi connectivity index (χ3n) is 1.99. The molecule has 0 atom stereocenters. The summed E-state index contributed by atoms with van der Waals surface area (Å²) in [7, 11) is 0. The van der Waals surface area contributed by atoms with E-state index in [-0.39, 0.29) is 0 Å². The normalized spacial score (nSPS) is 10.4. The molecular weight excluding hydrogens is 194 g/mol. The maximum absolute atomic E-state index is 5.78. The van der Waals surface area contributed by atoms with Crippen LogP contribution in [-0.2, 0) is 6.42 Å². The van der Waals surface area contributed by atoms with Crippen molar-refractivity contribution in [1.82, 2.24) is 9.97 Å². The summed E-state index contributed by atoms with van der Waals surface area (Å²) >= 11 is 1.64. The molecule has 0 fully saturated rings. The summed E-state index contributed by atoms with van der Waals surface area (Å²) in [4.78, 5) is 9.36. The van der Waals surface area contributed by atoms with Gasteiger partial charge in [-0.05, 0) is 18.1 Å². The molecule has 0 aliphatic heterocycles. The molecule has 0 aliphatic rings. The van der Waals surface area contributed by atoms with Gasteiger partial charge in [0, 0.05) is 23.7 Å². The summed E-state index contributed by atoms with van der Waals surface area (Å²) in [5, 5.41) is 0. The monoisotopic (exact) mass is 205 g/mol. The highest BCUT2D eigenvalue weighted by atomic mass is 32.1. The lowest BCUT2D eigenvalue weighted by Crippen LogP contribution is -1.98. The molecule has 72 valence electrons. The van der Waals surface area contributed by atoms with Gasteiger partial charge in [0.2, 0.25) is 0 Å². The Morgan fingerprint density at radius 1 is 1.43 bits per heavy atom. The number of hydrogen-bond acceptors (Lipinski definition) is 4. The summed E-state index contributed by atoms with van der Waals surface area (Å²) in [5.41, 5.74) is 9.82. The van der Waals surface area contributed by atoms with E-state index in [1.165, 1.54) is 4.88 Å². The average Bonchev–Trinajstić information content (AvgIpc) is 2.64. The van der Waals surface area contributed by atoms with E-state index in [1.807, 2.05) is 18.6 Å². The second-order valence-corrected chi connectivity index (χ2v) is 4.17. The fraction of sp³-hybridized carbons (Fsp3) is 0.200. The average molecular weight is 205 g/mol. The van der Waals surface area contributed by atoms with E-state index in [1.54, 1.807) is 17.5 Å². The molecule has 2 aromatic rings. The van der Waals surface area contributed by atoms with Gasteiger partial charge in [-0.15, -0.1) is 11.3 Å². The van der Waals surface area contributed by atoms with Gasteiger partial charge in [0.05, 0.1) is 5.51 Å². The Morgan fingerprint density at radius 2 is 2.29 bits per heavy atom. The second kappa shape index (κ2) is 3.75. The van der Waals surface area contributed by atoms with Crippen LogP contribution in [0.25, 0.3) is 0 Å². The number of aryl methyl sites for hydroxylation is 1. The smallest absolute Gasteiger partial charge is 0.126 e. The van der Waals surface area contributed by atoms with Crippen LogP contribution in [-0.4, -0.2) is 9.97 Å². The topological polar surface area (TPSA) is 51.8 Å². The zero-order chi connectivity index (χ0) is 9.97. The predicted molar refractivity (Wildman–Crippen MR) is 58.3 cm³/mol. The van der Waals surface area contributed by atoms with Gasteiger partial charge in [-0.3, -0.25) is 4.98 Å². The van der Waals surface area contributed by atoms with E-state index in [9.17, 15) is 0 Å². The molecular formula is C10H11N3S. The Hall–Kier alpha value is -1.42. The van der Waals surface area contributed by atoms with Crippen molar-refractivity contribution in [1.29, 1.82) is 0 Å². The van der Waals surface area contributed by atoms with Gasteiger partial charge in [0.1, 0.15) is 5.82 Å². The highest BCUT2D eigenvalue weighted by molar-refractivity contribution is 7.09. The van der Waals surface area contributed by atoms with Gasteiger partial charge in [-0.25, -0.2) is 4.98 Å². The molecule has 0 aromatic carbocycles. The van der Waals surface area contributed by atoms with Crippen LogP contribution in [0, 0.1) is 6.92 Å². The maximum Gasteiger partial charge on any atom is 0.126 e. The Bertz CT molecular complexity index is 423. The Labute approximate surface area is 86.6 Å². The molecule has 14 heavy (non-hydrogen) atoms. The lowest BCUT2D eigenvalue weighted by atomic mass is 10.1. The number of rotatable bonds is 2. The molecule has 0 spiro atoms. The predicted octanol–water partition coefficient (Wildman–Crippen LogP) is 2.02. The number of anilines is 1. The molecule has 2 aromatic heterocycles. The third-order valence-corrected chi connectivity index (χ3v) is 2.77. The van der Waals surface area contributed by atoms with Gasteiger partial charge in [-0.2, -0.15) is 0 Å². The first kappa shape index (κ1) is 9.15. The molecule has 2 heterocycles. The number of hydrogen-bond donors (Lipinski definition) is 1. The molecule has 3 nitrogen and oxygen atoms in total. The van der Waals surface area contributed by atoms with Crippen LogP contribution >= 0.6 is 11.3 Å². The van der Waals surface area contributed by atoms with Crippen LogP contribution in [0.2, 0.25) is 0 Å². The molecule has 0 unspecified atom stereocenters. The van der Waals surface area contributed by atoms with Crippen molar-refractivity contribution in [3.8, 4) is 0 Å². The Morgan fingerprint density at radius 3 is 3.00 bits per heavy atom. The number of pyridine rings is 1. The third kappa shape index (κ3) is 1.90. The van der Waals surface area contributed by atoms with E-state index in [4.69, 9.17) is 5.73 Å². The molecule has 0 radical (unpaired) electrons. The number of nitrogen functional groups attached to an aromatic ring is 1. The molecule has 2 rings (SSSR count). The highest BCUT2D eigenvalue weighted by Gasteiger charge is 2.03. The molecule has 0 saturated heterocycles. The van der Waals surface area contributed by atoms with Gasteiger partial charge in [-0.1, -0.05) is 6.07 Å². The zero-order valence-corrected chi connectivity index (χ0v) is 8.71. The number of nitrogens with zero attached hydrogens (tertiary/aromatic N) is 2. The quantitative estimate of drug-likeness (QED) is 0.816. The van der Waals surface area contributed by atoms with Gasteiger partial charge < -0.3 is 5.73 Å².